The molecule has 3 saturated carbocycles. The van der Waals surface area contributed by atoms with Crippen LogP contribution < -0.4 is 0 Å². The molecule has 1 amide bonds. The highest BCUT2D eigenvalue weighted by Crippen LogP contribution is 2.65. The lowest BCUT2D eigenvalue weighted by Crippen LogP contribution is -2.65. The van der Waals surface area contributed by atoms with E-state index in [2.05, 4.69) is 20.8 Å². The Balaban J connectivity index is 1.49. The van der Waals surface area contributed by atoms with Crippen LogP contribution in [0.2, 0.25) is 0 Å². The van der Waals surface area contributed by atoms with Crippen molar-refractivity contribution in [3.63, 3.8) is 0 Å². The summed E-state index contributed by atoms with van der Waals surface area (Å²) in [6.07, 6.45) is 4.14. The van der Waals surface area contributed by atoms with E-state index in [0.29, 0.717) is 11.3 Å². The van der Waals surface area contributed by atoms with Crippen LogP contribution in [0.25, 0.3) is 0 Å². The molecule has 0 radical (unpaired) electrons. The van der Waals surface area contributed by atoms with Crippen molar-refractivity contribution in [3.05, 3.63) is 0 Å². The molecule has 0 N–H and O–H groups in total. The number of likely N-dealkylation sites (tertiary alicyclic amines) is 1. The molecule has 2 bridgehead atoms. The fourth-order valence-corrected chi connectivity index (χ4v) is 5.69. The van der Waals surface area contributed by atoms with Gasteiger partial charge >= 0.3 is 13.2 Å². The molecule has 0 aromatic rings. The van der Waals surface area contributed by atoms with E-state index in [9.17, 15) is 4.79 Å². The van der Waals surface area contributed by atoms with Crippen molar-refractivity contribution >= 4 is 13.2 Å². The molecule has 6 heteroatoms. The molecule has 2 heterocycles. The second-order valence-electron chi connectivity index (χ2n) is 10.2. The van der Waals surface area contributed by atoms with Crippen LogP contribution in [0, 0.1) is 17.3 Å². The van der Waals surface area contributed by atoms with Gasteiger partial charge in [-0.2, -0.15) is 0 Å². The summed E-state index contributed by atoms with van der Waals surface area (Å²) in [7, 11) is -0.319. The summed E-state index contributed by atoms with van der Waals surface area (Å²) in [6, 6.07) is 0. The van der Waals surface area contributed by atoms with Gasteiger partial charge in [-0.15, -0.1) is 0 Å². The average Bonchev–Trinajstić information content (AvgIpc) is 3.07. The van der Waals surface area contributed by atoms with Gasteiger partial charge in [0.1, 0.15) is 5.60 Å². The number of carbonyl (C=O) groups excluding carboxylic acids is 1. The molecule has 0 spiro atoms. The number of rotatable bonds is 1. The van der Waals surface area contributed by atoms with Gasteiger partial charge < -0.3 is 18.9 Å². The third-order valence-corrected chi connectivity index (χ3v) is 7.21. The smallest absolute Gasteiger partial charge is 0.444 e. The molecule has 5 fully saturated rings. The Bertz CT molecular complexity index is 574. The highest BCUT2D eigenvalue weighted by atomic mass is 16.7. The molecular formula is C19H32BNO4. The summed E-state index contributed by atoms with van der Waals surface area (Å²) < 4.78 is 18.5. The second-order valence-corrected chi connectivity index (χ2v) is 10.2. The van der Waals surface area contributed by atoms with Gasteiger partial charge in [0.25, 0.3) is 0 Å². The quantitative estimate of drug-likeness (QED) is 0.678. The number of ether oxygens (including phenoxy) is 1. The van der Waals surface area contributed by atoms with Crippen LogP contribution in [0.15, 0.2) is 0 Å². The predicted molar refractivity (Wildman–Crippen MR) is 96.1 cm³/mol. The van der Waals surface area contributed by atoms with E-state index < -0.39 is 5.60 Å². The van der Waals surface area contributed by atoms with Gasteiger partial charge in [-0.3, -0.25) is 0 Å². The zero-order chi connectivity index (χ0) is 18.2. The highest BCUT2D eigenvalue weighted by Gasteiger charge is 2.69. The lowest BCUT2D eigenvalue weighted by Gasteiger charge is -2.64. The van der Waals surface area contributed by atoms with Crippen molar-refractivity contribution < 1.29 is 18.8 Å². The second kappa shape index (κ2) is 5.38. The summed E-state index contributed by atoms with van der Waals surface area (Å²) in [5.41, 5.74) is -0.359. The minimum Gasteiger partial charge on any atom is -0.444 e. The Labute approximate surface area is 151 Å². The molecule has 2 aliphatic heterocycles. The fourth-order valence-electron chi connectivity index (χ4n) is 5.69. The van der Waals surface area contributed by atoms with Gasteiger partial charge in [-0.25, -0.2) is 4.79 Å². The first-order chi connectivity index (χ1) is 11.5. The summed E-state index contributed by atoms with van der Waals surface area (Å²) >= 11 is 0. The third-order valence-electron chi connectivity index (χ3n) is 7.21. The van der Waals surface area contributed by atoms with Crippen LogP contribution in [0.4, 0.5) is 4.79 Å². The first-order valence-corrected chi connectivity index (χ1v) is 9.85. The van der Waals surface area contributed by atoms with E-state index in [1.165, 1.54) is 6.42 Å². The standard InChI is InChI=1S/C19H32BNO4/c1-17(2,3)23-16(22)21-9-7-8-15(21)20-24-14-11-12-10-13(18(12,4)5)19(14,6)25-20/h12-15H,7-11H2,1-6H3/t12-,13-,14+,15-,19-/m0/s1. The van der Waals surface area contributed by atoms with Crippen molar-refractivity contribution in [2.45, 2.75) is 90.5 Å². The number of carbonyl (C=O) groups is 1. The van der Waals surface area contributed by atoms with Crippen molar-refractivity contribution in [1.29, 1.82) is 0 Å². The number of hydrogen-bond donors (Lipinski definition) is 0. The minimum absolute atomic E-state index is 0.0300. The lowest BCUT2D eigenvalue weighted by molar-refractivity contribution is -0.199. The molecule has 5 aliphatic rings. The predicted octanol–water partition coefficient (Wildman–Crippen LogP) is 3.65. The van der Waals surface area contributed by atoms with E-state index in [1.807, 2.05) is 25.7 Å². The van der Waals surface area contributed by atoms with Gasteiger partial charge in [0.2, 0.25) is 0 Å². The minimum atomic E-state index is -0.479. The zero-order valence-corrected chi connectivity index (χ0v) is 16.5. The summed E-state index contributed by atoms with van der Waals surface area (Å²) in [6.45, 7) is 13.4. The van der Waals surface area contributed by atoms with Crippen molar-refractivity contribution in [3.8, 4) is 0 Å². The van der Waals surface area contributed by atoms with Gasteiger partial charge in [-0.05, 0) is 70.6 Å². The molecule has 0 unspecified atom stereocenters. The Morgan fingerprint density at radius 2 is 1.96 bits per heavy atom. The van der Waals surface area contributed by atoms with Crippen LogP contribution in [0.5, 0.6) is 0 Å². The number of nitrogens with zero attached hydrogens (tertiary/aromatic N) is 1. The molecule has 25 heavy (non-hydrogen) atoms. The molecule has 3 aliphatic carbocycles. The van der Waals surface area contributed by atoms with E-state index >= 15 is 0 Å². The molecule has 0 aromatic heterocycles. The molecule has 5 nitrogen and oxygen atoms in total. The molecular weight excluding hydrogens is 317 g/mol. The van der Waals surface area contributed by atoms with E-state index in [4.69, 9.17) is 14.0 Å². The van der Waals surface area contributed by atoms with Crippen LogP contribution in [-0.2, 0) is 14.0 Å². The molecule has 0 aromatic carbocycles. The Morgan fingerprint density at radius 1 is 1.24 bits per heavy atom. The fraction of sp³-hybridized carbons (Fsp3) is 0.947. The number of hydrogen-bond acceptors (Lipinski definition) is 4. The van der Waals surface area contributed by atoms with E-state index in [0.717, 1.165) is 31.7 Å². The Kier molecular flexibility index (Phi) is 3.80. The molecule has 2 saturated heterocycles. The zero-order valence-electron chi connectivity index (χ0n) is 16.5. The summed E-state index contributed by atoms with van der Waals surface area (Å²) in [5, 5.41) is 0. The average molecular weight is 349 g/mol. The van der Waals surface area contributed by atoms with Crippen LogP contribution in [0.1, 0.15) is 67.2 Å². The monoisotopic (exact) mass is 349 g/mol. The third kappa shape index (κ3) is 2.63. The van der Waals surface area contributed by atoms with Crippen molar-refractivity contribution in [2.75, 3.05) is 6.54 Å². The SMILES string of the molecule is CC(C)(C)OC(=O)N1CCC[C@H]1B1O[C@@H]2C[C@@H]3C[C@@H](C3(C)C)[C@]2(C)O1. The Morgan fingerprint density at radius 3 is 2.60 bits per heavy atom. The van der Waals surface area contributed by atoms with Crippen molar-refractivity contribution in [1.82, 2.24) is 4.90 Å². The Hall–Kier alpha value is -0.745. The van der Waals surface area contributed by atoms with Gasteiger partial charge in [-0.1, -0.05) is 13.8 Å². The topological polar surface area (TPSA) is 48.0 Å². The molecule has 140 valence electrons. The van der Waals surface area contributed by atoms with Gasteiger partial charge in [0.15, 0.2) is 0 Å². The maximum Gasteiger partial charge on any atom is 0.482 e. The highest BCUT2D eigenvalue weighted by molar-refractivity contribution is 6.47. The number of amides is 1. The molecule has 5 rings (SSSR count). The molecule has 5 atom stereocenters. The van der Waals surface area contributed by atoms with Crippen LogP contribution in [-0.4, -0.2) is 47.9 Å². The first-order valence-electron chi connectivity index (χ1n) is 9.85. The lowest BCUT2D eigenvalue weighted by atomic mass is 9.43. The first kappa shape index (κ1) is 17.7. The van der Waals surface area contributed by atoms with Gasteiger partial charge in [0.05, 0.1) is 17.6 Å². The summed E-state index contributed by atoms with van der Waals surface area (Å²) in [4.78, 5) is 14.4. The maximum absolute atomic E-state index is 12.6. The summed E-state index contributed by atoms with van der Waals surface area (Å²) in [5.74, 6) is 1.26. The van der Waals surface area contributed by atoms with Gasteiger partial charge in [0, 0.05) is 6.54 Å². The maximum atomic E-state index is 12.6. The normalized spacial score (nSPS) is 42.2. The van der Waals surface area contributed by atoms with Crippen molar-refractivity contribution in [2.24, 2.45) is 17.3 Å². The van der Waals surface area contributed by atoms with Crippen LogP contribution in [0.3, 0.4) is 0 Å². The largest absolute Gasteiger partial charge is 0.482 e. The van der Waals surface area contributed by atoms with Crippen LogP contribution >= 0.6 is 0 Å². The van der Waals surface area contributed by atoms with E-state index in [1.54, 1.807) is 0 Å². The van der Waals surface area contributed by atoms with E-state index in [-0.39, 0.29) is 30.9 Å².